The highest BCUT2D eigenvalue weighted by Crippen LogP contribution is 2.18. The number of unbranched alkanes of at least 4 members (excludes halogenated alkanes) is 3. The summed E-state index contributed by atoms with van der Waals surface area (Å²) in [4.78, 5) is 11.6. The van der Waals surface area contributed by atoms with Crippen LogP contribution in [0.5, 0.6) is 0 Å². The normalized spacial score (nSPS) is 17.6. The van der Waals surface area contributed by atoms with Gasteiger partial charge < -0.3 is 5.32 Å². The molecule has 1 aliphatic rings. The minimum absolute atomic E-state index is 0.495. The Kier molecular flexibility index (Phi) is 7.48. The van der Waals surface area contributed by atoms with Crippen molar-refractivity contribution in [1.29, 1.82) is 0 Å². The van der Waals surface area contributed by atoms with Crippen LogP contribution in [0, 0.1) is 5.92 Å². The number of Topliss-reactive ketones (excluding diaryl/α,β-unsaturated/α-hetero) is 1. The van der Waals surface area contributed by atoms with Crippen molar-refractivity contribution in [1.82, 2.24) is 5.32 Å². The molecule has 2 nitrogen and oxygen atoms in total. The van der Waals surface area contributed by atoms with E-state index in [1.807, 2.05) is 0 Å². The van der Waals surface area contributed by atoms with Crippen LogP contribution in [-0.4, -0.2) is 18.9 Å². The van der Waals surface area contributed by atoms with Gasteiger partial charge in [-0.1, -0.05) is 26.2 Å². The molecule has 0 spiro atoms. The molecule has 0 aromatic heterocycles. The van der Waals surface area contributed by atoms with Gasteiger partial charge in [0.1, 0.15) is 5.78 Å². The molecule has 0 bridgehead atoms. The lowest BCUT2D eigenvalue weighted by atomic mass is 9.91. The summed E-state index contributed by atoms with van der Waals surface area (Å²) in [5.41, 5.74) is 0. The summed E-state index contributed by atoms with van der Waals surface area (Å²) < 4.78 is 0. The predicted molar refractivity (Wildman–Crippen MR) is 68.6 cm³/mol. The molecule has 0 aliphatic carbocycles. The highest BCUT2D eigenvalue weighted by atomic mass is 16.1. The Morgan fingerprint density at radius 1 is 1.12 bits per heavy atom. The fourth-order valence-corrected chi connectivity index (χ4v) is 2.41. The van der Waals surface area contributed by atoms with E-state index in [0.717, 1.165) is 44.7 Å². The largest absolute Gasteiger partial charge is 0.317 e. The van der Waals surface area contributed by atoms with Crippen molar-refractivity contribution in [3.63, 3.8) is 0 Å². The molecule has 1 heterocycles. The lowest BCUT2D eigenvalue weighted by Gasteiger charge is -2.22. The SMILES string of the molecule is CCCCCCC(=O)CCC1CCNCC1. The maximum atomic E-state index is 11.6. The standard InChI is InChI=1S/C14H27NO/c1-2-3-4-5-6-14(16)8-7-13-9-11-15-12-10-13/h13,15H,2-12H2,1H3. The van der Waals surface area contributed by atoms with Gasteiger partial charge in [0.15, 0.2) is 0 Å². The Balaban J connectivity index is 1.96. The van der Waals surface area contributed by atoms with Crippen molar-refractivity contribution in [3.8, 4) is 0 Å². The van der Waals surface area contributed by atoms with E-state index in [0.29, 0.717) is 5.78 Å². The minimum atomic E-state index is 0.495. The van der Waals surface area contributed by atoms with Crippen molar-refractivity contribution in [2.24, 2.45) is 5.92 Å². The van der Waals surface area contributed by atoms with Crippen molar-refractivity contribution in [2.75, 3.05) is 13.1 Å². The van der Waals surface area contributed by atoms with Gasteiger partial charge in [-0.3, -0.25) is 4.79 Å². The molecule has 0 amide bonds. The van der Waals surface area contributed by atoms with Crippen molar-refractivity contribution in [3.05, 3.63) is 0 Å². The van der Waals surface area contributed by atoms with Crippen molar-refractivity contribution < 1.29 is 4.79 Å². The first kappa shape index (κ1) is 13.7. The predicted octanol–water partition coefficient (Wildman–Crippen LogP) is 3.31. The summed E-state index contributed by atoms with van der Waals surface area (Å²) in [5, 5.41) is 3.37. The molecule has 1 aliphatic heterocycles. The van der Waals surface area contributed by atoms with Crippen LogP contribution >= 0.6 is 0 Å². The van der Waals surface area contributed by atoms with Crippen LogP contribution in [0.2, 0.25) is 0 Å². The van der Waals surface area contributed by atoms with E-state index < -0.39 is 0 Å². The molecule has 1 N–H and O–H groups in total. The Labute approximate surface area is 100 Å². The Morgan fingerprint density at radius 2 is 1.88 bits per heavy atom. The third kappa shape index (κ3) is 6.26. The fraction of sp³-hybridized carbons (Fsp3) is 0.929. The minimum Gasteiger partial charge on any atom is -0.317 e. The van der Waals surface area contributed by atoms with Gasteiger partial charge in [0, 0.05) is 12.8 Å². The van der Waals surface area contributed by atoms with E-state index in [1.165, 1.54) is 32.1 Å². The summed E-state index contributed by atoms with van der Waals surface area (Å²) >= 11 is 0. The molecular formula is C14H27NO. The van der Waals surface area contributed by atoms with Crippen LogP contribution in [0.15, 0.2) is 0 Å². The molecule has 0 atom stereocenters. The maximum absolute atomic E-state index is 11.6. The summed E-state index contributed by atoms with van der Waals surface area (Å²) in [6, 6.07) is 0. The Morgan fingerprint density at radius 3 is 2.56 bits per heavy atom. The van der Waals surface area contributed by atoms with Gasteiger partial charge in [-0.25, -0.2) is 0 Å². The third-order valence-electron chi connectivity index (χ3n) is 3.60. The summed E-state index contributed by atoms with van der Waals surface area (Å²) in [6.07, 6.45) is 10.2. The van der Waals surface area contributed by atoms with Crippen LogP contribution < -0.4 is 5.32 Å². The highest BCUT2D eigenvalue weighted by Gasteiger charge is 2.14. The Hall–Kier alpha value is -0.370. The van der Waals surface area contributed by atoms with Crippen LogP contribution in [-0.2, 0) is 4.79 Å². The van der Waals surface area contributed by atoms with Gasteiger partial charge in [0.25, 0.3) is 0 Å². The number of piperidine rings is 1. The Bertz CT molecular complexity index is 185. The van der Waals surface area contributed by atoms with Gasteiger partial charge in [-0.2, -0.15) is 0 Å². The average molecular weight is 225 g/mol. The molecule has 1 saturated heterocycles. The molecule has 0 unspecified atom stereocenters. The number of rotatable bonds is 8. The molecule has 1 rings (SSSR count). The van der Waals surface area contributed by atoms with E-state index in [-0.39, 0.29) is 0 Å². The van der Waals surface area contributed by atoms with E-state index in [9.17, 15) is 4.79 Å². The second kappa shape index (κ2) is 8.74. The van der Waals surface area contributed by atoms with Crippen LogP contribution in [0.25, 0.3) is 0 Å². The van der Waals surface area contributed by atoms with Gasteiger partial charge in [-0.15, -0.1) is 0 Å². The number of carbonyl (C=O) groups excluding carboxylic acids is 1. The van der Waals surface area contributed by atoms with Crippen molar-refractivity contribution in [2.45, 2.75) is 64.7 Å². The van der Waals surface area contributed by atoms with Gasteiger partial charge in [-0.05, 0) is 44.7 Å². The fourth-order valence-electron chi connectivity index (χ4n) is 2.41. The first-order valence-corrected chi connectivity index (χ1v) is 7.05. The first-order chi connectivity index (χ1) is 7.83. The zero-order valence-electron chi connectivity index (χ0n) is 10.8. The molecule has 94 valence electrons. The van der Waals surface area contributed by atoms with Gasteiger partial charge in [0.2, 0.25) is 0 Å². The second-order valence-electron chi connectivity index (χ2n) is 5.08. The first-order valence-electron chi connectivity index (χ1n) is 7.05. The van der Waals surface area contributed by atoms with Crippen molar-refractivity contribution >= 4 is 5.78 Å². The van der Waals surface area contributed by atoms with Crippen LogP contribution in [0.4, 0.5) is 0 Å². The second-order valence-corrected chi connectivity index (χ2v) is 5.08. The molecular weight excluding hydrogens is 198 g/mol. The lowest BCUT2D eigenvalue weighted by Crippen LogP contribution is -2.27. The zero-order valence-corrected chi connectivity index (χ0v) is 10.8. The molecule has 1 fully saturated rings. The summed E-state index contributed by atoms with van der Waals surface area (Å²) in [7, 11) is 0. The summed E-state index contributed by atoms with van der Waals surface area (Å²) in [5.74, 6) is 1.30. The van der Waals surface area contributed by atoms with Gasteiger partial charge >= 0.3 is 0 Å². The van der Waals surface area contributed by atoms with Crippen LogP contribution in [0.1, 0.15) is 64.7 Å². The van der Waals surface area contributed by atoms with Gasteiger partial charge in [0.05, 0.1) is 0 Å². The van der Waals surface area contributed by atoms with E-state index >= 15 is 0 Å². The molecule has 0 aromatic rings. The molecule has 0 aromatic carbocycles. The molecule has 2 heteroatoms. The summed E-state index contributed by atoms with van der Waals surface area (Å²) in [6.45, 7) is 4.50. The number of nitrogens with one attached hydrogen (secondary N) is 1. The highest BCUT2D eigenvalue weighted by molar-refractivity contribution is 5.78. The number of hydrogen-bond acceptors (Lipinski definition) is 2. The van der Waals surface area contributed by atoms with E-state index in [4.69, 9.17) is 0 Å². The lowest BCUT2D eigenvalue weighted by molar-refractivity contribution is -0.119. The molecule has 0 saturated carbocycles. The smallest absolute Gasteiger partial charge is 0.132 e. The number of hydrogen-bond donors (Lipinski definition) is 1. The topological polar surface area (TPSA) is 29.1 Å². The molecule has 0 radical (unpaired) electrons. The average Bonchev–Trinajstić information content (AvgIpc) is 2.33. The third-order valence-corrected chi connectivity index (χ3v) is 3.60. The maximum Gasteiger partial charge on any atom is 0.132 e. The van der Waals surface area contributed by atoms with E-state index in [2.05, 4.69) is 12.2 Å². The quantitative estimate of drug-likeness (QED) is 0.642. The number of ketones is 1. The van der Waals surface area contributed by atoms with E-state index in [1.54, 1.807) is 0 Å². The zero-order chi connectivity index (χ0) is 11.6. The molecule has 16 heavy (non-hydrogen) atoms. The van der Waals surface area contributed by atoms with Crippen LogP contribution in [0.3, 0.4) is 0 Å². The monoisotopic (exact) mass is 225 g/mol. The number of carbonyl (C=O) groups is 1.